The van der Waals surface area contributed by atoms with Gasteiger partial charge in [0.05, 0.1) is 0 Å². The first-order valence-corrected chi connectivity index (χ1v) is 4.41. The molecule has 0 aromatic heterocycles. The molecule has 3 heteroatoms. The first-order valence-electron chi connectivity index (χ1n) is 4.41. The highest BCUT2D eigenvalue weighted by atomic mass is 16.3. The van der Waals surface area contributed by atoms with E-state index in [1.807, 2.05) is 0 Å². The molecule has 0 spiro atoms. The zero-order chi connectivity index (χ0) is 8.10. The Morgan fingerprint density at radius 2 is 2.36 bits per heavy atom. The van der Waals surface area contributed by atoms with E-state index in [1.165, 1.54) is 6.42 Å². The van der Waals surface area contributed by atoms with Crippen LogP contribution >= 0.6 is 0 Å². The van der Waals surface area contributed by atoms with Crippen molar-refractivity contribution in [1.82, 2.24) is 4.90 Å². The van der Waals surface area contributed by atoms with E-state index in [0.29, 0.717) is 12.6 Å². The zero-order valence-corrected chi connectivity index (χ0v) is 7.00. The Kier molecular flexibility index (Phi) is 3.83. The summed E-state index contributed by atoms with van der Waals surface area (Å²) in [6.45, 7) is 3.48. The molecule has 1 rings (SSSR count). The Morgan fingerprint density at radius 1 is 1.55 bits per heavy atom. The third-order valence-corrected chi connectivity index (χ3v) is 2.17. The highest BCUT2D eigenvalue weighted by Crippen LogP contribution is 2.07. The summed E-state index contributed by atoms with van der Waals surface area (Å²) < 4.78 is 0. The molecule has 3 N–H and O–H groups in total. The predicted octanol–water partition coefficient (Wildman–Crippen LogP) is -0.208. The number of piperidine rings is 1. The standard InChI is InChI=1S/C8H18N2O/c9-8-3-1-4-10(7-8)5-2-6-11/h8,11H,1-7,9H2/t8-/m0/s1. The van der Waals surface area contributed by atoms with Crippen molar-refractivity contribution in [2.75, 3.05) is 26.2 Å². The molecule has 0 aliphatic carbocycles. The van der Waals surface area contributed by atoms with Crippen molar-refractivity contribution in [2.45, 2.75) is 25.3 Å². The van der Waals surface area contributed by atoms with Crippen molar-refractivity contribution < 1.29 is 5.11 Å². The lowest BCUT2D eigenvalue weighted by Crippen LogP contribution is -2.43. The number of nitrogens with zero attached hydrogens (tertiary/aromatic N) is 1. The van der Waals surface area contributed by atoms with E-state index in [1.54, 1.807) is 0 Å². The maximum Gasteiger partial charge on any atom is 0.0443 e. The van der Waals surface area contributed by atoms with Crippen LogP contribution < -0.4 is 5.73 Å². The monoisotopic (exact) mass is 158 g/mol. The average molecular weight is 158 g/mol. The van der Waals surface area contributed by atoms with E-state index in [9.17, 15) is 0 Å². The molecule has 0 bridgehead atoms. The van der Waals surface area contributed by atoms with Gasteiger partial charge in [-0.05, 0) is 25.8 Å². The third-order valence-electron chi connectivity index (χ3n) is 2.17. The number of hydrogen-bond acceptors (Lipinski definition) is 3. The van der Waals surface area contributed by atoms with Gasteiger partial charge in [0.25, 0.3) is 0 Å². The fourth-order valence-corrected chi connectivity index (χ4v) is 1.59. The van der Waals surface area contributed by atoms with E-state index in [4.69, 9.17) is 10.8 Å². The first kappa shape index (κ1) is 8.97. The van der Waals surface area contributed by atoms with E-state index in [0.717, 1.165) is 32.5 Å². The Hall–Kier alpha value is -0.120. The van der Waals surface area contributed by atoms with Gasteiger partial charge < -0.3 is 15.7 Å². The minimum Gasteiger partial charge on any atom is -0.396 e. The van der Waals surface area contributed by atoms with Crippen LogP contribution in [0.5, 0.6) is 0 Å². The van der Waals surface area contributed by atoms with Crippen LogP contribution in [-0.4, -0.2) is 42.3 Å². The highest BCUT2D eigenvalue weighted by molar-refractivity contribution is 4.74. The highest BCUT2D eigenvalue weighted by Gasteiger charge is 2.15. The minimum absolute atomic E-state index is 0.297. The van der Waals surface area contributed by atoms with E-state index < -0.39 is 0 Å². The molecule has 0 aromatic carbocycles. The lowest BCUT2D eigenvalue weighted by atomic mass is 10.1. The molecule has 1 aliphatic rings. The molecule has 66 valence electrons. The number of likely N-dealkylation sites (tertiary alicyclic amines) is 1. The predicted molar refractivity (Wildman–Crippen MR) is 45.4 cm³/mol. The van der Waals surface area contributed by atoms with Crippen molar-refractivity contribution in [3.8, 4) is 0 Å². The molecule has 0 saturated carbocycles. The van der Waals surface area contributed by atoms with Crippen LogP contribution in [0, 0.1) is 0 Å². The van der Waals surface area contributed by atoms with Crippen LogP contribution in [0.4, 0.5) is 0 Å². The van der Waals surface area contributed by atoms with Gasteiger partial charge in [-0.1, -0.05) is 0 Å². The molecular formula is C8H18N2O. The number of aliphatic hydroxyl groups excluding tert-OH is 1. The van der Waals surface area contributed by atoms with Gasteiger partial charge in [-0.3, -0.25) is 0 Å². The van der Waals surface area contributed by atoms with E-state index in [-0.39, 0.29) is 0 Å². The fraction of sp³-hybridized carbons (Fsp3) is 1.00. The Bertz CT molecular complexity index is 108. The summed E-state index contributed by atoms with van der Waals surface area (Å²) in [6.07, 6.45) is 3.26. The summed E-state index contributed by atoms with van der Waals surface area (Å²) in [5.74, 6) is 0. The molecule has 1 aliphatic heterocycles. The summed E-state index contributed by atoms with van der Waals surface area (Å²) in [5.41, 5.74) is 5.79. The van der Waals surface area contributed by atoms with Crippen LogP contribution in [0.2, 0.25) is 0 Å². The van der Waals surface area contributed by atoms with Gasteiger partial charge in [-0.15, -0.1) is 0 Å². The van der Waals surface area contributed by atoms with Gasteiger partial charge in [0.2, 0.25) is 0 Å². The van der Waals surface area contributed by atoms with Crippen LogP contribution in [0.3, 0.4) is 0 Å². The molecule has 1 fully saturated rings. The van der Waals surface area contributed by atoms with Crippen molar-refractivity contribution in [2.24, 2.45) is 5.73 Å². The Balaban J connectivity index is 2.12. The summed E-state index contributed by atoms with van der Waals surface area (Å²) in [5, 5.41) is 8.60. The summed E-state index contributed by atoms with van der Waals surface area (Å²) >= 11 is 0. The van der Waals surface area contributed by atoms with E-state index in [2.05, 4.69) is 4.90 Å². The maximum absolute atomic E-state index is 8.60. The van der Waals surface area contributed by atoms with Crippen LogP contribution in [0.25, 0.3) is 0 Å². The van der Waals surface area contributed by atoms with Gasteiger partial charge in [-0.2, -0.15) is 0 Å². The molecule has 1 atom stereocenters. The van der Waals surface area contributed by atoms with Gasteiger partial charge in [0.15, 0.2) is 0 Å². The molecule has 1 saturated heterocycles. The lowest BCUT2D eigenvalue weighted by molar-refractivity contribution is 0.185. The SMILES string of the molecule is N[C@H]1CCCN(CCCO)C1. The second-order valence-corrected chi connectivity index (χ2v) is 3.28. The summed E-state index contributed by atoms with van der Waals surface area (Å²) in [7, 11) is 0. The Morgan fingerprint density at radius 3 is 3.00 bits per heavy atom. The van der Waals surface area contributed by atoms with Crippen LogP contribution in [-0.2, 0) is 0 Å². The third kappa shape index (κ3) is 3.18. The molecule has 1 heterocycles. The van der Waals surface area contributed by atoms with Crippen LogP contribution in [0.1, 0.15) is 19.3 Å². The number of hydrogen-bond donors (Lipinski definition) is 2. The minimum atomic E-state index is 0.297. The number of rotatable bonds is 3. The van der Waals surface area contributed by atoms with Gasteiger partial charge in [0.1, 0.15) is 0 Å². The largest absolute Gasteiger partial charge is 0.396 e. The quantitative estimate of drug-likeness (QED) is 0.597. The van der Waals surface area contributed by atoms with Crippen molar-refractivity contribution >= 4 is 0 Å². The molecule has 0 radical (unpaired) electrons. The number of aliphatic hydroxyl groups is 1. The van der Waals surface area contributed by atoms with Gasteiger partial charge in [0, 0.05) is 25.7 Å². The van der Waals surface area contributed by atoms with E-state index >= 15 is 0 Å². The molecule has 0 unspecified atom stereocenters. The fourth-order valence-electron chi connectivity index (χ4n) is 1.59. The smallest absolute Gasteiger partial charge is 0.0443 e. The lowest BCUT2D eigenvalue weighted by Gasteiger charge is -2.30. The number of nitrogens with two attached hydrogens (primary N) is 1. The Labute approximate surface area is 68.2 Å². The van der Waals surface area contributed by atoms with Crippen molar-refractivity contribution in [3.63, 3.8) is 0 Å². The summed E-state index contributed by atoms with van der Waals surface area (Å²) in [6, 6.07) is 0.363. The van der Waals surface area contributed by atoms with Crippen molar-refractivity contribution in [3.05, 3.63) is 0 Å². The van der Waals surface area contributed by atoms with Gasteiger partial charge in [-0.25, -0.2) is 0 Å². The second-order valence-electron chi connectivity index (χ2n) is 3.28. The molecule has 0 aromatic rings. The topological polar surface area (TPSA) is 49.5 Å². The average Bonchev–Trinajstić information content (AvgIpc) is 2.01. The van der Waals surface area contributed by atoms with Crippen LogP contribution in [0.15, 0.2) is 0 Å². The maximum atomic E-state index is 8.60. The molecule has 3 nitrogen and oxygen atoms in total. The second kappa shape index (κ2) is 4.70. The zero-order valence-electron chi connectivity index (χ0n) is 7.00. The summed E-state index contributed by atoms with van der Waals surface area (Å²) in [4.78, 5) is 2.34. The molecule has 0 amide bonds. The van der Waals surface area contributed by atoms with Gasteiger partial charge >= 0.3 is 0 Å². The molecule has 11 heavy (non-hydrogen) atoms. The normalized spacial score (nSPS) is 27.3. The first-order chi connectivity index (χ1) is 5.33. The molecular weight excluding hydrogens is 140 g/mol. The van der Waals surface area contributed by atoms with Crippen molar-refractivity contribution in [1.29, 1.82) is 0 Å².